The number of Topliss-reactive ketones (excluding diaryl/α,β-unsaturated/α-hetero) is 1. The summed E-state index contributed by atoms with van der Waals surface area (Å²) in [5, 5.41) is 3.34. The molecule has 5 N–H and O–H groups in total. The van der Waals surface area contributed by atoms with Crippen molar-refractivity contribution in [1.82, 2.24) is 0 Å². The van der Waals surface area contributed by atoms with Gasteiger partial charge in [-0.3, -0.25) is 9.59 Å². The monoisotopic (exact) mass is 382 g/mol. The topological polar surface area (TPSA) is 101 Å². The molecule has 0 aromatic heterocycles. The van der Waals surface area contributed by atoms with E-state index < -0.39 is 29.3 Å². The molecule has 1 aromatic rings. The lowest BCUT2D eigenvalue weighted by Gasteiger charge is -2.38. The zero-order valence-electron chi connectivity index (χ0n) is 16.0. The minimum atomic E-state index is -1.70. The highest BCUT2D eigenvalue weighted by Crippen LogP contribution is 2.35. The molecule has 0 radical (unpaired) electrons. The van der Waals surface area contributed by atoms with Gasteiger partial charge in [-0.2, -0.15) is 0 Å². The van der Waals surface area contributed by atoms with Crippen LogP contribution in [0.25, 0.3) is 0 Å². The molecule has 2 unspecified atom stereocenters. The van der Waals surface area contributed by atoms with Crippen molar-refractivity contribution in [3.63, 3.8) is 0 Å². The molecule has 0 fully saturated rings. The van der Waals surface area contributed by atoms with E-state index in [-0.39, 0.29) is 18.3 Å². The van der Waals surface area contributed by atoms with Gasteiger partial charge in [0.15, 0.2) is 11.3 Å². The fourth-order valence-corrected chi connectivity index (χ4v) is 3.50. The van der Waals surface area contributed by atoms with Crippen molar-refractivity contribution in [2.24, 2.45) is 17.4 Å². The predicted octanol–water partition coefficient (Wildman–Crippen LogP) is 2.31. The number of nitrogens with zero attached hydrogens (tertiary/aromatic N) is 1. The first kappa shape index (κ1) is 22.4. The summed E-state index contributed by atoms with van der Waals surface area (Å²) in [4.78, 5) is 27.9. The molecule has 7 heteroatoms. The van der Waals surface area contributed by atoms with Gasteiger partial charge < -0.3 is 21.7 Å². The number of likely N-dealkylation sites (N-methyl/N-ethyl adjacent to an activating group) is 1. The predicted molar refractivity (Wildman–Crippen MR) is 109 cm³/mol. The van der Waals surface area contributed by atoms with Crippen molar-refractivity contribution in [2.75, 3.05) is 17.3 Å². The Morgan fingerprint density at radius 3 is 2.54 bits per heavy atom. The number of amides is 1. The lowest BCUT2D eigenvalue weighted by atomic mass is 9.76. The summed E-state index contributed by atoms with van der Waals surface area (Å²) in [6.07, 6.45) is 2.29. The average molecular weight is 383 g/mol. The first-order chi connectivity index (χ1) is 11.7. The molecule has 1 amide bonds. The van der Waals surface area contributed by atoms with Crippen LogP contribution >= 0.6 is 12.4 Å². The molecule has 1 heterocycles. The van der Waals surface area contributed by atoms with Crippen molar-refractivity contribution in [3.05, 3.63) is 24.3 Å². The van der Waals surface area contributed by atoms with E-state index in [0.717, 1.165) is 18.5 Å². The number of halogens is 1. The molecule has 0 saturated carbocycles. The molecule has 0 bridgehead atoms. The minimum Gasteiger partial charge on any atom is -0.377 e. The van der Waals surface area contributed by atoms with Crippen LogP contribution in [0.15, 0.2) is 24.3 Å². The third kappa shape index (κ3) is 3.87. The van der Waals surface area contributed by atoms with Gasteiger partial charge in [-0.15, -0.1) is 12.4 Å². The number of rotatable bonds is 6. The number of nitrogens with two attached hydrogens (primary N) is 2. The maximum atomic E-state index is 13.2. The Labute approximate surface area is 162 Å². The third-order valence-electron chi connectivity index (χ3n) is 5.01. The number of carbonyl (C=O) groups excluding carboxylic acids is 2. The van der Waals surface area contributed by atoms with Crippen LogP contribution in [0.2, 0.25) is 0 Å². The molecule has 26 heavy (non-hydrogen) atoms. The van der Waals surface area contributed by atoms with Crippen LogP contribution in [-0.2, 0) is 9.59 Å². The SMILES string of the molecule is CCCC[C@H](N)C(=O)C1(N)C(=O)N(C)c2ccccc2NC1C(C)C.Cl. The van der Waals surface area contributed by atoms with Gasteiger partial charge in [-0.25, -0.2) is 0 Å². The molecule has 1 aromatic carbocycles. The number of para-hydroxylation sites is 2. The van der Waals surface area contributed by atoms with Gasteiger partial charge in [0.05, 0.1) is 23.5 Å². The number of hydrogen-bond donors (Lipinski definition) is 3. The second kappa shape index (κ2) is 8.84. The summed E-state index contributed by atoms with van der Waals surface area (Å²) in [6, 6.07) is 6.19. The second-order valence-corrected chi connectivity index (χ2v) is 7.23. The summed E-state index contributed by atoms with van der Waals surface area (Å²) < 4.78 is 0. The molecule has 1 aliphatic rings. The van der Waals surface area contributed by atoms with Crippen LogP contribution in [0, 0.1) is 5.92 Å². The van der Waals surface area contributed by atoms with Crippen LogP contribution in [0.1, 0.15) is 40.0 Å². The van der Waals surface area contributed by atoms with E-state index in [1.807, 2.05) is 45.0 Å². The maximum absolute atomic E-state index is 13.2. The molecular formula is C19H31ClN4O2. The zero-order valence-corrected chi connectivity index (χ0v) is 16.8. The Hall–Kier alpha value is -1.63. The molecule has 3 atom stereocenters. The van der Waals surface area contributed by atoms with Crippen molar-refractivity contribution < 1.29 is 9.59 Å². The van der Waals surface area contributed by atoms with E-state index in [2.05, 4.69) is 5.32 Å². The molecule has 146 valence electrons. The highest BCUT2D eigenvalue weighted by atomic mass is 35.5. The molecule has 0 aliphatic carbocycles. The number of unbranched alkanes of at least 4 members (excludes halogenated alkanes) is 1. The molecule has 0 saturated heterocycles. The Kier molecular flexibility index (Phi) is 7.62. The van der Waals surface area contributed by atoms with Crippen LogP contribution in [-0.4, -0.2) is 36.4 Å². The molecular weight excluding hydrogens is 352 g/mol. The Balaban J connectivity index is 0.00000338. The highest BCUT2D eigenvalue weighted by Gasteiger charge is 2.54. The minimum absolute atomic E-state index is 0. The van der Waals surface area contributed by atoms with E-state index >= 15 is 0 Å². The van der Waals surface area contributed by atoms with Gasteiger partial charge in [0.1, 0.15) is 0 Å². The Morgan fingerprint density at radius 1 is 1.35 bits per heavy atom. The van der Waals surface area contributed by atoms with Gasteiger partial charge in [0.2, 0.25) is 0 Å². The van der Waals surface area contributed by atoms with Crippen molar-refractivity contribution >= 4 is 35.5 Å². The van der Waals surface area contributed by atoms with Gasteiger partial charge in [0.25, 0.3) is 5.91 Å². The normalized spacial score (nSPS) is 23.6. The lowest BCUT2D eigenvalue weighted by Crippen LogP contribution is -2.71. The molecule has 1 aliphatic heterocycles. The average Bonchev–Trinajstić information content (AvgIpc) is 2.69. The van der Waals surface area contributed by atoms with Gasteiger partial charge in [-0.05, 0) is 24.5 Å². The quantitative estimate of drug-likeness (QED) is 0.655. The summed E-state index contributed by atoms with van der Waals surface area (Å²) in [5.74, 6) is -0.840. The third-order valence-corrected chi connectivity index (χ3v) is 5.01. The molecule has 6 nitrogen and oxygen atoms in total. The van der Waals surface area contributed by atoms with Gasteiger partial charge in [-0.1, -0.05) is 45.7 Å². The first-order valence-corrected chi connectivity index (χ1v) is 8.97. The van der Waals surface area contributed by atoms with E-state index in [0.29, 0.717) is 12.1 Å². The van der Waals surface area contributed by atoms with E-state index in [1.165, 1.54) is 4.90 Å². The van der Waals surface area contributed by atoms with E-state index in [4.69, 9.17) is 11.5 Å². The Morgan fingerprint density at radius 2 is 1.96 bits per heavy atom. The summed E-state index contributed by atoms with van der Waals surface area (Å²) >= 11 is 0. The number of nitrogens with one attached hydrogen (secondary N) is 1. The lowest BCUT2D eigenvalue weighted by molar-refractivity contribution is -0.136. The van der Waals surface area contributed by atoms with E-state index in [1.54, 1.807) is 7.05 Å². The number of hydrogen-bond acceptors (Lipinski definition) is 5. The van der Waals surface area contributed by atoms with Crippen LogP contribution in [0.3, 0.4) is 0 Å². The number of anilines is 2. The first-order valence-electron chi connectivity index (χ1n) is 8.97. The molecule has 2 rings (SSSR count). The van der Waals surface area contributed by atoms with Crippen LogP contribution < -0.4 is 21.7 Å². The van der Waals surface area contributed by atoms with Crippen molar-refractivity contribution in [1.29, 1.82) is 0 Å². The second-order valence-electron chi connectivity index (χ2n) is 7.23. The van der Waals surface area contributed by atoms with Crippen molar-refractivity contribution in [2.45, 2.75) is 57.7 Å². The maximum Gasteiger partial charge on any atom is 0.256 e. The highest BCUT2D eigenvalue weighted by molar-refractivity contribution is 6.20. The van der Waals surface area contributed by atoms with Crippen LogP contribution in [0.5, 0.6) is 0 Å². The number of fused-ring (bicyclic) bond motifs is 1. The van der Waals surface area contributed by atoms with Crippen molar-refractivity contribution in [3.8, 4) is 0 Å². The summed E-state index contributed by atoms with van der Waals surface area (Å²) in [7, 11) is 1.65. The summed E-state index contributed by atoms with van der Waals surface area (Å²) in [6.45, 7) is 5.94. The number of ketones is 1. The largest absolute Gasteiger partial charge is 0.377 e. The number of benzene rings is 1. The van der Waals surface area contributed by atoms with Gasteiger partial charge in [0, 0.05) is 7.05 Å². The van der Waals surface area contributed by atoms with Crippen LogP contribution in [0.4, 0.5) is 11.4 Å². The number of carbonyl (C=O) groups is 2. The smallest absolute Gasteiger partial charge is 0.256 e. The zero-order chi connectivity index (χ0) is 18.8. The summed E-state index contributed by atoms with van der Waals surface area (Å²) in [5.41, 5.74) is 12.5. The fraction of sp³-hybridized carbons (Fsp3) is 0.579. The van der Waals surface area contributed by atoms with E-state index in [9.17, 15) is 9.59 Å². The molecule has 0 spiro atoms. The standard InChI is InChI=1S/C19H30N4O2.ClH/c1-5-6-9-13(20)17(24)19(21)16(12(2)3)22-14-10-7-8-11-15(14)23(4)18(19)25;/h7-8,10-13,16,22H,5-6,9,20-21H2,1-4H3;1H/t13-,16?,19?;/m0./s1. The Bertz CT molecular complexity index is 652. The van der Waals surface area contributed by atoms with Gasteiger partial charge >= 0.3 is 0 Å². The fourth-order valence-electron chi connectivity index (χ4n) is 3.50.